The molecule has 0 N–H and O–H groups in total. The second-order valence-corrected chi connectivity index (χ2v) is 4.41. The number of hydrogen-bond acceptors (Lipinski definition) is 0. The third kappa shape index (κ3) is 2.05. The predicted molar refractivity (Wildman–Crippen MR) is 68.2 cm³/mol. The molecule has 1 nitrogen and oxygen atoms in total. The summed E-state index contributed by atoms with van der Waals surface area (Å²) in [5.74, 6) is -0.508. The van der Waals surface area contributed by atoms with Crippen molar-refractivity contribution in [3.05, 3.63) is 66.1 Å². The van der Waals surface area contributed by atoms with Crippen LogP contribution in [0, 0.1) is 5.95 Å². The van der Waals surface area contributed by atoms with Gasteiger partial charge in [0.15, 0.2) is 5.95 Å². The van der Waals surface area contributed by atoms with E-state index in [1.54, 1.807) is 24.3 Å². The van der Waals surface area contributed by atoms with E-state index < -0.39 is 17.7 Å². The number of nitrogens with zero attached hydrogens (tertiary/aromatic N) is 1. The molecule has 102 valence electrons. The molecular formula is C15H9F4N. The Hall–Kier alpha value is -2.30. The first-order valence-electron chi connectivity index (χ1n) is 5.90. The minimum Gasteiger partial charge on any atom is -0.286 e. The van der Waals surface area contributed by atoms with Crippen LogP contribution >= 0.6 is 0 Å². The Bertz CT molecular complexity index is 754. The van der Waals surface area contributed by atoms with Gasteiger partial charge in [0, 0.05) is 17.1 Å². The van der Waals surface area contributed by atoms with E-state index in [-0.39, 0.29) is 0 Å². The average molecular weight is 279 g/mol. The van der Waals surface area contributed by atoms with E-state index in [1.807, 2.05) is 0 Å². The van der Waals surface area contributed by atoms with Crippen LogP contribution in [-0.4, -0.2) is 4.57 Å². The Morgan fingerprint density at radius 2 is 1.50 bits per heavy atom. The van der Waals surface area contributed by atoms with E-state index in [0.29, 0.717) is 16.6 Å². The Morgan fingerprint density at radius 1 is 0.850 bits per heavy atom. The average Bonchev–Trinajstić information content (AvgIpc) is 2.73. The molecule has 3 aromatic rings. The molecule has 0 bridgehead atoms. The van der Waals surface area contributed by atoms with Crippen LogP contribution in [-0.2, 0) is 6.18 Å². The fraction of sp³-hybridized carbons (Fsp3) is 0.0667. The highest BCUT2D eigenvalue weighted by Crippen LogP contribution is 2.30. The van der Waals surface area contributed by atoms with E-state index in [9.17, 15) is 17.6 Å². The van der Waals surface area contributed by atoms with Gasteiger partial charge in [-0.2, -0.15) is 17.6 Å². The summed E-state index contributed by atoms with van der Waals surface area (Å²) >= 11 is 0. The van der Waals surface area contributed by atoms with Crippen LogP contribution in [0.25, 0.3) is 16.6 Å². The fourth-order valence-corrected chi connectivity index (χ4v) is 2.18. The van der Waals surface area contributed by atoms with Crippen molar-refractivity contribution in [1.29, 1.82) is 0 Å². The standard InChI is InChI=1S/C15H9F4N/c16-14-9-10-3-1-2-4-13(10)20(14)12-7-5-11(6-8-12)15(17,18)19/h1-9H. The van der Waals surface area contributed by atoms with Gasteiger partial charge in [-0.15, -0.1) is 0 Å². The summed E-state index contributed by atoms with van der Waals surface area (Å²) in [7, 11) is 0. The molecule has 0 radical (unpaired) electrons. The molecule has 0 spiro atoms. The van der Waals surface area contributed by atoms with Gasteiger partial charge in [-0.3, -0.25) is 4.57 Å². The number of alkyl halides is 3. The van der Waals surface area contributed by atoms with Gasteiger partial charge in [-0.25, -0.2) is 0 Å². The molecule has 0 amide bonds. The zero-order valence-electron chi connectivity index (χ0n) is 10.2. The highest BCUT2D eigenvalue weighted by Gasteiger charge is 2.30. The zero-order valence-corrected chi connectivity index (χ0v) is 10.2. The highest BCUT2D eigenvalue weighted by atomic mass is 19.4. The lowest BCUT2D eigenvalue weighted by Crippen LogP contribution is -2.05. The van der Waals surface area contributed by atoms with Crippen LogP contribution in [0.1, 0.15) is 5.56 Å². The van der Waals surface area contributed by atoms with Crippen LogP contribution in [0.5, 0.6) is 0 Å². The van der Waals surface area contributed by atoms with Crippen LogP contribution in [0.3, 0.4) is 0 Å². The van der Waals surface area contributed by atoms with Crippen molar-refractivity contribution in [3.63, 3.8) is 0 Å². The van der Waals surface area contributed by atoms with Crippen molar-refractivity contribution in [2.24, 2.45) is 0 Å². The molecule has 1 heterocycles. The smallest absolute Gasteiger partial charge is 0.286 e. The van der Waals surface area contributed by atoms with Crippen molar-refractivity contribution < 1.29 is 17.6 Å². The Balaban J connectivity index is 2.14. The second kappa shape index (κ2) is 4.37. The number of rotatable bonds is 1. The molecule has 0 aliphatic heterocycles. The van der Waals surface area contributed by atoms with Gasteiger partial charge in [-0.05, 0) is 30.3 Å². The lowest BCUT2D eigenvalue weighted by molar-refractivity contribution is -0.137. The topological polar surface area (TPSA) is 4.93 Å². The molecule has 0 unspecified atom stereocenters. The lowest BCUT2D eigenvalue weighted by atomic mass is 10.2. The van der Waals surface area contributed by atoms with Gasteiger partial charge in [-0.1, -0.05) is 18.2 Å². The van der Waals surface area contributed by atoms with Gasteiger partial charge in [0.25, 0.3) is 0 Å². The van der Waals surface area contributed by atoms with E-state index in [1.165, 1.54) is 22.8 Å². The minimum atomic E-state index is -4.39. The fourth-order valence-electron chi connectivity index (χ4n) is 2.18. The van der Waals surface area contributed by atoms with E-state index >= 15 is 0 Å². The normalized spacial score (nSPS) is 12.0. The summed E-state index contributed by atoms with van der Waals surface area (Å²) in [6.07, 6.45) is -4.39. The van der Waals surface area contributed by atoms with E-state index in [0.717, 1.165) is 12.1 Å². The molecule has 0 saturated heterocycles. The number of aromatic nitrogens is 1. The van der Waals surface area contributed by atoms with Gasteiger partial charge >= 0.3 is 6.18 Å². The maximum Gasteiger partial charge on any atom is 0.416 e. The molecule has 1 aromatic heterocycles. The largest absolute Gasteiger partial charge is 0.416 e. The van der Waals surface area contributed by atoms with Crippen LogP contribution < -0.4 is 0 Å². The SMILES string of the molecule is Fc1cc2ccccc2n1-c1ccc(C(F)(F)F)cc1. The third-order valence-corrected chi connectivity index (χ3v) is 3.12. The Morgan fingerprint density at radius 3 is 2.15 bits per heavy atom. The van der Waals surface area contributed by atoms with Gasteiger partial charge in [0.2, 0.25) is 0 Å². The van der Waals surface area contributed by atoms with Crippen LogP contribution in [0.4, 0.5) is 17.6 Å². The van der Waals surface area contributed by atoms with Gasteiger partial charge in [0.1, 0.15) is 0 Å². The molecule has 2 aromatic carbocycles. The van der Waals surface area contributed by atoms with Crippen molar-refractivity contribution in [1.82, 2.24) is 4.57 Å². The number of benzene rings is 2. The summed E-state index contributed by atoms with van der Waals surface area (Å²) in [4.78, 5) is 0. The minimum absolute atomic E-state index is 0.358. The quantitative estimate of drug-likeness (QED) is 0.564. The number of fused-ring (bicyclic) bond motifs is 1. The first kappa shape index (κ1) is 12.7. The van der Waals surface area contributed by atoms with Gasteiger partial charge in [0.05, 0.1) is 11.1 Å². The van der Waals surface area contributed by atoms with E-state index in [2.05, 4.69) is 0 Å². The second-order valence-electron chi connectivity index (χ2n) is 4.41. The first-order chi connectivity index (χ1) is 9.47. The summed E-state index contributed by atoms with van der Waals surface area (Å²) < 4.78 is 52.8. The molecule has 0 aliphatic carbocycles. The predicted octanol–water partition coefficient (Wildman–Crippen LogP) is 4.79. The lowest BCUT2D eigenvalue weighted by Gasteiger charge is -2.09. The number of halogens is 4. The number of para-hydroxylation sites is 1. The molecule has 0 fully saturated rings. The maximum absolute atomic E-state index is 14.0. The summed E-state index contributed by atoms with van der Waals surface area (Å²) in [6.45, 7) is 0. The molecule has 0 atom stereocenters. The summed E-state index contributed by atoms with van der Waals surface area (Å²) in [6, 6.07) is 12.8. The van der Waals surface area contributed by atoms with Crippen LogP contribution in [0.2, 0.25) is 0 Å². The van der Waals surface area contributed by atoms with Crippen molar-refractivity contribution in [3.8, 4) is 5.69 Å². The maximum atomic E-state index is 14.0. The summed E-state index contributed by atoms with van der Waals surface area (Å²) in [5.41, 5.74) is 0.222. The number of hydrogen-bond donors (Lipinski definition) is 0. The third-order valence-electron chi connectivity index (χ3n) is 3.12. The van der Waals surface area contributed by atoms with E-state index in [4.69, 9.17) is 0 Å². The molecule has 0 saturated carbocycles. The Labute approximate surface area is 112 Å². The first-order valence-corrected chi connectivity index (χ1v) is 5.90. The molecule has 3 rings (SSSR count). The van der Waals surface area contributed by atoms with Crippen molar-refractivity contribution in [2.75, 3.05) is 0 Å². The monoisotopic (exact) mass is 279 g/mol. The molecule has 0 aliphatic rings. The molecular weight excluding hydrogens is 270 g/mol. The Kier molecular flexibility index (Phi) is 2.78. The molecule has 5 heteroatoms. The summed E-state index contributed by atoms with van der Waals surface area (Å²) in [5, 5.41) is 0.699. The molecule has 20 heavy (non-hydrogen) atoms. The highest BCUT2D eigenvalue weighted by molar-refractivity contribution is 5.82. The van der Waals surface area contributed by atoms with Crippen LogP contribution in [0.15, 0.2) is 54.6 Å². The zero-order chi connectivity index (χ0) is 14.3. The van der Waals surface area contributed by atoms with Crippen molar-refractivity contribution >= 4 is 10.9 Å². The van der Waals surface area contributed by atoms with Crippen molar-refractivity contribution in [2.45, 2.75) is 6.18 Å². The van der Waals surface area contributed by atoms with Gasteiger partial charge < -0.3 is 0 Å².